The number of hydrogen-bond donors (Lipinski definition) is 2. The van der Waals surface area contributed by atoms with E-state index in [9.17, 15) is 0 Å². The molecule has 0 aliphatic rings. The topological polar surface area (TPSA) is 63.8 Å². The largest absolute Gasteiger partial charge is 0.271 e. The van der Waals surface area contributed by atoms with Gasteiger partial charge in [0.1, 0.15) is 0 Å². The number of nitrogens with two attached hydrogens (primary N) is 1. The molecule has 0 aliphatic heterocycles. The predicted molar refractivity (Wildman–Crippen MR) is 82.5 cm³/mol. The van der Waals surface area contributed by atoms with Crippen LogP contribution in [0.1, 0.15) is 27.2 Å². The normalized spacial score (nSPS) is 12.8. The van der Waals surface area contributed by atoms with Crippen LogP contribution in [0.3, 0.4) is 0 Å². The number of pyridine rings is 1. The van der Waals surface area contributed by atoms with E-state index in [1.165, 1.54) is 0 Å². The van der Waals surface area contributed by atoms with Crippen molar-refractivity contribution in [1.29, 1.82) is 0 Å². The second kappa shape index (κ2) is 5.28. The van der Waals surface area contributed by atoms with Gasteiger partial charge in [-0.3, -0.25) is 10.8 Å². The molecule has 2 heterocycles. The van der Waals surface area contributed by atoms with E-state index in [1.807, 2.05) is 38.4 Å². The third kappa shape index (κ3) is 2.20. The molecule has 4 nitrogen and oxygen atoms in total. The lowest BCUT2D eigenvalue weighted by Gasteiger charge is -2.17. The first-order chi connectivity index (χ1) is 9.70. The van der Waals surface area contributed by atoms with E-state index >= 15 is 0 Å². The minimum absolute atomic E-state index is 0.0488. The minimum atomic E-state index is -0.0488. The maximum atomic E-state index is 5.82. The molecule has 3 N–H and O–H groups in total. The molecule has 5 heteroatoms. The summed E-state index contributed by atoms with van der Waals surface area (Å²) in [7, 11) is 0. The number of aryl methyl sites for hydroxylation is 2. The molecule has 0 saturated carbocycles. The van der Waals surface area contributed by atoms with Crippen LogP contribution in [0.5, 0.6) is 0 Å². The Morgan fingerprint density at radius 2 is 2.10 bits per heavy atom. The van der Waals surface area contributed by atoms with Gasteiger partial charge in [-0.05, 0) is 30.9 Å². The fourth-order valence-electron chi connectivity index (χ4n) is 2.52. The predicted octanol–water partition coefficient (Wildman–Crippen LogP) is 2.86. The molecular formula is C15H16N4S. The van der Waals surface area contributed by atoms with Crippen LogP contribution in [0.25, 0.3) is 10.8 Å². The molecule has 1 atom stereocenters. The number of nitrogens with zero attached hydrogens (tertiary/aromatic N) is 2. The third-order valence-corrected chi connectivity index (χ3v) is 4.53. The highest BCUT2D eigenvalue weighted by atomic mass is 32.1. The second-order valence-corrected chi connectivity index (χ2v) is 5.96. The first kappa shape index (κ1) is 13.2. The Hall–Kier alpha value is -1.82. The van der Waals surface area contributed by atoms with E-state index in [0.29, 0.717) is 0 Å². The first-order valence-electron chi connectivity index (χ1n) is 6.43. The number of rotatable bonds is 3. The van der Waals surface area contributed by atoms with Gasteiger partial charge in [0.2, 0.25) is 0 Å². The van der Waals surface area contributed by atoms with Crippen molar-refractivity contribution in [2.24, 2.45) is 5.84 Å². The van der Waals surface area contributed by atoms with Crippen molar-refractivity contribution in [3.05, 3.63) is 57.8 Å². The maximum absolute atomic E-state index is 5.82. The highest BCUT2D eigenvalue weighted by molar-refractivity contribution is 7.11. The van der Waals surface area contributed by atoms with Crippen LogP contribution in [-0.2, 0) is 0 Å². The zero-order chi connectivity index (χ0) is 14.1. The van der Waals surface area contributed by atoms with Crippen LogP contribution in [-0.4, -0.2) is 9.97 Å². The molecule has 1 aromatic carbocycles. The van der Waals surface area contributed by atoms with Crippen LogP contribution < -0.4 is 11.3 Å². The van der Waals surface area contributed by atoms with E-state index in [4.69, 9.17) is 5.84 Å². The van der Waals surface area contributed by atoms with Gasteiger partial charge >= 0.3 is 0 Å². The summed E-state index contributed by atoms with van der Waals surface area (Å²) in [5.74, 6) is 5.82. The fourth-order valence-corrected chi connectivity index (χ4v) is 3.53. The molecule has 0 aliphatic carbocycles. The molecule has 0 radical (unpaired) electrons. The quantitative estimate of drug-likeness (QED) is 0.573. The van der Waals surface area contributed by atoms with Gasteiger partial charge in [-0.25, -0.2) is 10.4 Å². The molecule has 102 valence electrons. The molecule has 20 heavy (non-hydrogen) atoms. The Labute approximate surface area is 121 Å². The van der Waals surface area contributed by atoms with Crippen LogP contribution in [0.2, 0.25) is 0 Å². The molecule has 0 bridgehead atoms. The van der Waals surface area contributed by atoms with Gasteiger partial charge in [0, 0.05) is 17.8 Å². The van der Waals surface area contributed by atoms with Crippen molar-refractivity contribution in [2.75, 3.05) is 0 Å². The average Bonchev–Trinajstić information content (AvgIpc) is 2.79. The van der Waals surface area contributed by atoms with Gasteiger partial charge in [-0.15, -0.1) is 11.3 Å². The number of benzene rings is 1. The fraction of sp³-hybridized carbons (Fsp3) is 0.200. The molecular weight excluding hydrogens is 268 g/mol. The Kier molecular flexibility index (Phi) is 3.48. The Balaban J connectivity index is 2.19. The van der Waals surface area contributed by atoms with Gasteiger partial charge < -0.3 is 0 Å². The summed E-state index contributed by atoms with van der Waals surface area (Å²) in [5.41, 5.74) is 5.11. The summed E-state index contributed by atoms with van der Waals surface area (Å²) in [6.07, 6.45) is 3.68. The summed E-state index contributed by atoms with van der Waals surface area (Å²) in [4.78, 5) is 9.83. The summed E-state index contributed by atoms with van der Waals surface area (Å²) in [6, 6.07) is 8.17. The van der Waals surface area contributed by atoms with Gasteiger partial charge in [0.25, 0.3) is 0 Å². The van der Waals surface area contributed by atoms with E-state index in [2.05, 4.69) is 27.5 Å². The average molecular weight is 284 g/mol. The van der Waals surface area contributed by atoms with Crippen LogP contribution in [0.15, 0.2) is 36.7 Å². The summed E-state index contributed by atoms with van der Waals surface area (Å²) < 4.78 is 0. The van der Waals surface area contributed by atoms with Crippen molar-refractivity contribution < 1.29 is 0 Å². The van der Waals surface area contributed by atoms with Gasteiger partial charge in [-0.2, -0.15) is 0 Å². The zero-order valence-corrected chi connectivity index (χ0v) is 12.2. The lowest BCUT2D eigenvalue weighted by atomic mass is 9.99. The Morgan fingerprint density at radius 1 is 1.25 bits per heavy atom. The van der Waals surface area contributed by atoms with Crippen molar-refractivity contribution in [1.82, 2.24) is 15.4 Å². The number of thiazole rings is 1. The number of hydrazine groups is 1. The molecule has 0 amide bonds. The van der Waals surface area contributed by atoms with Crippen molar-refractivity contribution in [3.8, 4) is 0 Å². The molecule has 0 fully saturated rings. The van der Waals surface area contributed by atoms with Crippen molar-refractivity contribution in [2.45, 2.75) is 19.9 Å². The number of fused-ring (bicyclic) bond motifs is 1. The molecule has 0 spiro atoms. The number of aromatic nitrogens is 2. The zero-order valence-electron chi connectivity index (χ0n) is 11.4. The highest BCUT2D eigenvalue weighted by Gasteiger charge is 2.20. The van der Waals surface area contributed by atoms with Crippen LogP contribution in [0.4, 0.5) is 0 Å². The van der Waals surface area contributed by atoms with Gasteiger partial charge in [0.15, 0.2) is 0 Å². The van der Waals surface area contributed by atoms with E-state index in [0.717, 1.165) is 31.9 Å². The Bertz CT molecular complexity index is 745. The van der Waals surface area contributed by atoms with Gasteiger partial charge in [-0.1, -0.05) is 18.2 Å². The molecule has 0 saturated heterocycles. The summed E-state index contributed by atoms with van der Waals surface area (Å²) >= 11 is 1.68. The summed E-state index contributed by atoms with van der Waals surface area (Å²) in [5, 5.41) is 3.33. The minimum Gasteiger partial charge on any atom is -0.271 e. The molecule has 3 aromatic rings. The maximum Gasteiger partial charge on any atom is 0.0900 e. The van der Waals surface area contributed by atoms with Gasteiger partial charge in [0.05, 0.1) is 21.6 Å². The van der Waals surface area contributed by atoms with Crippen LogP contribution >= 0.6 is 11.3 Å². The molecule has 3 rings (SSSR count). The lowest BCUT2D eigenvalue weighted by Crippen LogP contribution is -2.28. The lowest BCUT2D eigenvalue weighted by molar-refractivity contribution is 0.646. The SMILES string of the molecule is Cc1nc(C)c(C(NN)c2cccc3cnccc23)s1. The van der Waals surface area contributed by atoms with Crippen LogP contribution in [0, 0.1) is 13.8 Å². The number of nitrogens with one attached hydrogen (secondary N) is 1. The first-order valence-corrected chi connectivity index (χ1v) is 7.25. The van der Waals surface area contributed by atoms with Crippen molar-refractivity contribution in [3.63, 3.8) is 0 Å². The van der Waals surface area contributed by atoms with E-state index in [1.54, 1.807) is 11.3 Å². The van der Waals surface area contributed by atoms with Crippen molar-refractivity contribution >= 4 is 22.1 Å². The van der Waals surface area contributed by atoms with E-state index in [-0.39, 0.29) is 6.04 Å². The van der Waals surface area contributed by atoms with E-state index < -0.39 is 0 Å². The highest BCUT2D eigenvalue weighted by Crippen LogP contribution is 2.32. The molecule has 2 aromatic heterocycles. The smallest absolute Gasteiger partial charge is 0.0900 e. The monoisotopic (exact) mass is 284 g/mol. The number of hydrogen-bond acceptors (Lipinski definition) is 5. The third-order valence-electron chi connectivity index (χ3n) is 3.39. The Morgan fingerprint density at radius 3 is 2.80 bits per heavy atom. The standard InChI is InChI=1S/C15H16N4S/c1-9-15(20-10(2)18-9)14(19-16)13-5-3-4-11-8-17-7-6-12(11)13/h3-8,14,19H,16H2,1-2H3. The summed E-state index contributed by atoms with van der Waals surface area (Å²) in [6.45, 7) is 4.04. The second-order valence-electron chi connectivity index (χ2n) is 4.73. The molecule has 1 unspecified atom stereocenters.